The van der Waals surface area contributed by atoms with Crippen LogP contribution in [-0.4, -0.2) is 23.6 Å². The molecule has 0 fully saturated rings. The van der Waals surface area contributed by atoms with E-state index in [-0.39, 0.29) is 11.7 Å². The van der Waals surface area contributed by atoms with Crippen molar-refractivity contribution in [2.75, 3.05) is 12.8 Å². The molecule has 0 aromatic heterocycles. The van der Waals surface area contributed by atoms with Crippen molar-refractivity contribution in [3.8, 4) is 0 Å². The molecule has 0 N–H and O–H groups in total. The Morgan fingerprint density at radius 1 is 1.14 bits per heavy atom. The number of benzene rings is 2. The minimum atomic E-state index is -0.267. The van der Waals surface area contributed by atoms with Crippen molar-refractivity contribution in [1.82, 2.24) is 4.90 Å². The molecule has 22 heavy (non-hydrogen) atoms. The molecular formula is C17H17ClFNOS. The van der Waals surface area contributed by atoms with Crippen molar-refractivity contribution in [3.63, 3.8) is 0 Å². The second-order valence-electron chi connectivity index (χ2n) is 4.93. The highest BCUT2D eigenvalue weighted by Crippen LogP contribution is 2.21. The van der Waals surface area contributed by atoms with Gasteiger partial charge in [0.1, 0.15) is 5.82 Å². The fourth-order valence-electron chi connectivity index (χ4n) is 1.93. The Labute approximate surface area is 139 Å². The molecule has 5 heteroatoms. The zero-order valence-electron chi connectivity index (χ0n) is 12.3. The Balaban J connectivity index is 1.76. The molecule has 0 aliphatic heterocycles. The van der Waals surface area contributed by atoms with Crippen LogP contribution in [0.3, 0.4) is 0 Å². The highest BCUT2D eigenvalue weighted by atomic mass is 35.5. The van der Waals surface area contributed by atoms with Crippen LogP contribution in [0.5, 0.6) is 0 Å². The number of halogens is 2. The Hall–Kier alpha value is -1.52. The van der Waals surface area contributed by atoms with E-state index >= 15 is 0 Å². The molecule has 0 saturated heterocycles. The molecule has 0 spiro atoms. The number of hydrogen-bond donors (Lipinski definition) is 0. The first-order valence-corrected chi connectivity index (χ1v) is 8.28. The fraction of sp³-hybridized carbons (Fsp3) is 0.235. The summed E-state index contributed by atoms with van der Waals surface area (Å²) >= 11 is 7.46. The van der Waals surface area contributed by atoms with E-state index in [9.17, 15) is 9.18 Å². The van der Waals surface area contributed by atoms with Crippen LogP contribution in [0.15, 0.2) is 53.4 Å². The first kappa shape index (κ1) is 16.8. The van der Waals surface area contributed by atoms with Gasteiger partial charge in [-0.3, -0.25) is 4.79 Å². The van der Waals surface area contributed by atoms with Gasteiger partial charge in [0.05, 0.1) is 0 Å². The number of hydrogen-bond acceptors (Lipinski definition) is 2. The number of amides is 1. The van der Waals surface area contributed by atoms with Crippen LogP contribution in [0.25, 0.3) is 0 Å². The second kappa shape index (κ2) is 8.20. The van der Waals surface area contributed by atoms with Gasteiger partial charge in [-0.05, 0) is 42.0 Å². The standard InChI is InChI=1S/C17H17ClFNOS/c1-20(12-13-2-6-15(19)7-3-13)17(21)10-11-22-16-8-4-14(18)5-9-16/h2-9H,10-12H2,1H3. The summed E-state index contributed by atoms with van der Waals surface area (Å²) in [4.78, 5) is 14.8. The van der Waals surface area contributed by atoms with Gasteiger partial charge >= 0.3 is 0 Å². The lowest BCUT2D eigenvalue weighted by atomic mass is 10.2. The average molecular weight is 338 g/mol. The van der Waals surface area contributed by atoms with E-state index < -0.39 is 0 Å². The Bertz CT molecular complexity index is 616. The topological polar surface area (TPSA) is 20.3 Å². The average Bonchev–Trinajstić information content (AvgIpc) is 2.51. The van der Waals surface area contributed by atoms with Crippen LogP contribution in [0, 0.1) is 5.82 Å². The Morgan fingerprint density at radius 3 is 2.41 bits per heavy atom. The molecule has 1 amide bonds. The molecule has 0 aliphatic carbocycles. The summed E-state index contributed by atoms with van der Waals surface area (Å²) in [7, 11) is 1.76. The lowest BCUT2D eigenvalue weighted by Gasteiger charge is -2.17. The van der Waals surface area contributed by atoms with Crippen molar-refractivity contribution in [2.24, 2.45) is 0 Å². The molecule has 0 radical (unpaired) electrons. The molecule has 0 bridgehead atoms. The van der Waals surface area contributed by atoms with Gasteiger partial charge in [-0.25, -0.2) is 4.39 Å². The summed E-state index contributed by atoms with van der Waals surface area (Å²) in [6.45, 7) is 0.491. The molecule has 116 valence electrons. The van der Waals surface area contributed by atoms with Crippen molar-refractivity contribution in [2.45, 2.75) is 17.9 Å². The third-order valence-electron chi connectivity index (χ3n) is 3.16. The number of carbonyl (C=O) groups excluding carboxylic acids is 1. The third-order valence-corrected chi connectivity index (χ3v) is 4.42. The predicted molar refractivity (Wildman–Crippen MR) is 89.7 cm³/mol. The fourth-order valence-corrected chi connectivity index (χ4v) is 2.90. The van der Waals surface area contributed by atoms with E-state index in [4.69, 9.17) is 11.6 Å². The smallest absolute Gasteiger partial charge is 0.223 e. The number of carbonyl (C=O) groups is 1. The zero-order valence-corrected chi connectivity index (χ0v) is 13.8. The van der Waals surface area contributed by atoms with Crippen LogP contribution in [0.2, 0.25) is 5.02 Å². The largest absolute Gasteiger partial charge is 0.341 e. The van der Waals surface area contributed by atoms with Crippen molar-refractivity contribution < 1.29 is 9.18 Å². The van der Waals surface area contributed by atoms with Gasteiger partial charge in [-0.15, -0.1) is 11.8 Å². The third kappa shape index (κ3) is 5.35. The molecular weight excluding hydrogens is 321 g/mol. The Kier molecular flexibility index (Phi) is 6.28. The van der Waals surface area contributed by atoms with E-state index in [1.807, 2.05) is 24.3 Å². The van der Waals surface area contributed by atoms with E-state index in [1.165, 1.54) is 12.1 Å². The molecule has 2 rings (SSSR count). The summed E-state index contributed by atoms with van der Waals surface area (Å²) in [5, 5.41) is 0.708. The summed E-state index contributed by atoms with van der Waals surface area (Å²) in [6.07, 6.45) is 0.463. The van der Waals surface area contributed by atoms with Gasteiger partial charge in [0.15, 0.2) is 0 Å². The number of thioether (sulfide) groups is 1. The summed E-state index contributed by atoms with van der Waals surface area (Å²) < 4.78 is 12.8. The lowest BCUT2D eigenvalue weighted by molar-refractivity contribution is -0.129. The molecule has 0 heterocycles. The van der Waals surface area contributed by atoms with Crippen LogP contribution in [0.1, 0.15) is 12.0 Å². The highest BCUT2D eigenvalue weighted by Gasteiger charge is 2.09. The van der Waals surface area contributed by atoms with Crippen molar-refractivity contribution in [1.29, 1.82) is 0 Å². The maximum Gasteiger partial charge on any atom is 0.223 e. The van der Waals surface area contributed by atoms with Gasteiger partial charge in [-0.1, -0.05) is 23.7 Å². The molecule has 0 atom stereocenters. The molecule has 0 unspecified atom stereocenters. The summed E-state index contributed by atoms with van der Waals surface area (Å²) in [6, 6.07) is 13.8. The number of nitrogens with zero attached hydrogens (tertiary/aromatic N) is 1. The van der Waals surface area contributed by atoms with Gasteiger partial charge in [0, 0.05) is 35.7 Å². The van der Waals surface area contributed by atoms with E-state index in [2.05, 4.69) is 0 Å². The second-order valence-corrected chi connectivity index (χ2v) is 6.53. The van der Waals surface area contributed by atoms with E-state index in [0.717, 1.165) is 10.5 Å². The van der Waals surface area contributed by atoms with Crippen molar-refractivity contribution in [3.05, 3.63) is 64.9 Å². The monoisotopic (exact) mass is 337 g/mol. The minimum Gasteiger partial charge on any atom is -0.341 e. The zero-order chi connectivity index (χ0) is 15.9. The van der Waals surface area contributed by atoms with Gasteiger partial charge < -0.3 is 4.90 Å². The number of rotatable bonds is 6. The van der Waals surface area contributed by atoms with Crippen molar-refractivity contribution >= 4 is 29.3 Å². The maximum atomic E-state index is 12.8. The first-order chi connectivity index (χ1) is 10.5. The highest BCUT2D eigenvalue weighted by molar-refractivity contribution is 7.99. The molecule has 2 nitrogen and oxygen atoms in total. The molecule has 0 aliphatic rings. The molecule has 2 aromatic rings. The minimum absolute atomic E-state index is 0.0748. The van der Waals surface area contributed by atoms with Gasteiger partial charge in [0.25, 0.3) is 0 Å². The van der Waals surface area contributed by atoms with Crippen LogP contribution in [0.4, 0.5) is 4.39 Å². The summed E-state index contributed by atoms with van der Waals surface area (Å²) in [5.74, 6) is 0.525. The maximum absolute atomic E-state index is 12.8. The lowest BCUT2D eigenvalue weighted by Crippen LogP contribution is -2.26. The molecule has 2 aromatic carbocycles. The Morgan fingerprint density at radius 2 is 1.77 bits per heavy atom. The SMILES string of the molecule is CN(Cc1ccc(F)cc1)C(=O)CCSc1ccc(Cl)cc1. The quantitative estimate of drug-likeness (QED) is 0.717. The molecule has 0 saturated carbocycles. The first-order valence-electron chi connectivity index (χ1n) is 6.91. The van der Waals surface area contributed by atoms with Crippen LogP contribution in [-0.2, 0) is 11.3 Å². The summed E-state index contributed by atoms with van der Waals surface area (Å²) in [5.41, 5.74) is 0.919. The predicted octanol–water partition coefficient (Wildman–Crippen LogP) is 4.62. The van der Waals surface area contributed by atoms with E-state index in [1.54, 1.807) is 35.8 Å². The van der Waals surface area contributed by atoms with E-state index in [0.29, 0.717) is 23.7 Å². The van der Waals surface area contributed by atoms with Crippen LogP contribution < -0.4 is 0 Å². The van der Waals surface area contributed by atoms with Crippen LogP contribution >= 0.6 is 23.4 Å². The van der Waals surface area contributed by atoms with Gasteiger partial charge in [-0.2, -0.15) is 0 Å². The van der Waals surface area contributed by atoms with Gasteiger partial charge in [0.2, 0.25) is 5.91 Å². The normalized spacial score (nSPS) is 10.5.